The van der Waals surface area contributed by atoms with Crippen LogP contribution in [0.15, 0.2) is 36.9 Å². The van der Waals surface area contributed by atoms with Crippen molar-refractivity contribution in [1.82, 2.24) is 5.32 Å². The van der Waals surface area contributed by atoms with Crippen LogP contribution in [-0.2, 0) is 4.79 Å². The van der Waals surface area contributed by atoms with E-state index >= 15 is 0 Å². The number of rotatable bonds is 5. The van der Waals surface area contributed by atoms with Crippen LogP contribution in [0.25, 0.3) is 0 Å². The molecule has 2 N–H and O–H groups in total. The summed E-state index contributed by atoms with van der Waals surface area (Å²) < 4.78 is 0. The highest BCUT2D eigenvalue weighted by Crippen LogP contribution is 2.15. The summed E-state index contributed by atoms with van der Waals surface area (Å²) in [5, 5.41) is 5.36. The normalized spacial score (nSPS) is 9.47. The van der Waals surface area contributed by atoms with E-state index in [9.17, 15) is 9.59 Å². The molecule has 1 aromatic rings. The number of hydrogen-bond donors (Lipinski definition) is 2. The quantitative estimate of drug-likeness (QED) is 0.762. The highest BCUT2D eigenvalue weighted by molar-refractivity contribution is 6.03. The van der Waals surface area contributed by atoms with E-state index in [-0.39, 0.29) is 11.8 Å². The Hall–Kier alpha value is -2.10. The molecule has 0 radical (unpaired) electrons. The number of benzene rings is 1. The second kappa shape index (κ2) is 6.48. The number of anilines is 1. The molecule has 0 aliphatic rings. The maximum atomic E-state index is 11.8. The first-order valence-corrected chi connectivity index (χ1v) is 5.47. The topological polar surface area (TPSA) is 58.2 Å². The van der Waals surface area contributed by atoms with Gasteiger partial charge in [-0.3, -0.25) is 9.59 Å². The molecule has 0 aromatic heterocycles. The van der Waals surface area contributed by atoms with Crippen LogP contribution in [-0.4, -0.2) is 18.4 Å². The third kappa shape index (κ3) is 3.75. The summed E-state index contributed by atoms with van der Waals surface area (Å²) in [6, 6.07) is 6.90. The van der Waals surface area contributed by atoms with E-state index in [1.54, 1.807) is 37.3 Å². The average Bonchev–Trinajstić information content (AvgIpc) is 2.36. The number of amides is 2. The molecule has 1 aromatic carbocycles. The molecule has 0 aliphatic heterocycles. The monoisotopic (exact) mass is 232 g/mol. The zero-order valence-electron chi connectivity index (χ0n) is 9.82. The fourth-order valence-electron chi connectivity index (χ4n) is 1.29. The first kappa shape index (κ1) is 13.0. The van der Waals surface area contributed by atoms with Crippen molar-refractivity contribution in [2.75, 3.05) is 11.9 Å². The summed E-state index contributed by atoms with van der Waals surface area (Å²) in [4.78, 5) is 23.1. The number of carbonyl (C=O) groups excluding carboxylic acids is 2. The van der Waals surface area contributed by atoms with E-state index in [1.807, 2.05) is 0 Å². The van der Waals surface area contributed by atoms with Crippen molar-refractivity contribution in [3.63, 3.8) is 0 Å². The van der Waals surface area contributed by atoms with Gasteiger partial charge in [-0.15, -0.1) is 6.58 Å². The van der Waals surface area contributed by atoms with Crippen LogP contribution in [0.2, 0.25) is 0 Å². The van der Waals surface area contributed by atoms with Crippen LogP contribution < -0.4 is 10.6 Å². The molecule has 0 saturated heterocycles. The smallest absolute Gasteiger partial charge is 0.253 e. The lowest BCUT2D eigenvalue weighted by molar-refractivity contribution is -0.115. The van der Waals surface area contributed by atoms with Gasteiger partial charge in [-0.25, -0.2) is 0 Å². The Balaban J connectivity index is 2.87. The Morgan fingerprint density at radius 2 is 2.06 bits per heavy atom. The van der Waals surface area contributed by atoms with Crippen molar-refractivity contribution < 1.29 is 9.59 Å². The minimum Gasteiger partial charge on any atom is -0.349 e. The fraction of sp³-hybridized carbons (Fsp3) is 0.231. The van der Waals surface area contributed by atoms with E-state index in [0.29, 0.717) is 24.2 Å². The molecule has 4 heteroatoms. The molecule has 1 rings (SSSR count). The summed E-state index contributed by atoms with van der Waals surface area (Å²) in [6.07, 6.45) is 1.98. The molecule has 2 amide bonds. The van der Waals surface area contributed by atoms with E-state index in [4.69, 9.17) is 0 Å². The van der Waals surface area contributed by atoms with Gasteiger partial charge in [0.15, 0.2) is 0 Å². The van der Waals surface area contributed by atoms with Crippen LogP contribution in [0.1, 0.15) is 23.7 Å². The Morgan fingerprint density at radius 3 is 2.71 bits per heavy atom. The minimum absolute atomic E-state index is 0.117. The molecule has 4 nitrogen and oxygen atoms in total. The van der Waals surface area contributed by atoms with Gasteiger partial charge in [0.2, 0.25) is 5.91 Å². The number of nitrogens with one attached hydrogen (secondary N) is 2. The van der Waals surface area contributed by atoms with Gasteiger partial charge in [0.05, 0.1) is 11.3 Å². The molecule has 0 bridgehead atoms. The predicted octanol–water partition coefficient (Wildman–Crippen LogP) is 1.95. The standard InChI is InChI=1S/C13H16N2O2/c1-3-9-14-13(17)10-7-5-6-8-11(10)15-12(16)4-2/h3,5-8H,1,4,9H2,2H3,(H,14,17)(H,15,16). The molecule has 90 valence electrons. The molecule has 0 heterocycles. The van der Waals surface area contributed by atoms with Crippen molar-refractivity contribution in [3.8, 4) is 0 Å². The maximum absolute atomic E-state index is 11.8. The van der Waals surface area contributed by atoms with Gasteiger partial charge in [0, 0.05) is 13.0 Å². The summed E-state index contributed by atoms with van der Waals surface area (Å²) >= 11 is 0. The van der Waals surface area contributed by atoms with Gasteiger partial charge in [0.1, 0.15) is 0 Å². The van der Waals surface area contributed by atoms with E-state index in [0.717, 1.165) is 0 Å². The van der Waals surface area contributed by atoms with Crippen LogP contribution in [0.4, 0.5) is 5.69 Å². The zero-order valence-corrected chi connectivity index (χ0v) is 9.82. The van der Waals surface area contributed by atoms with Gasteiger partial charge in [-0.2, -0.15) is 0 Å². The Kier molecular flexibility index (Phi) is 4.94. The third-order valence-corrected chi connectivity index (χ3v) is 2.17. The first-order valence-electron chi connectivity index (χ1n) is 5.47. The van der Waals surface area contributed by atoms with Crippen molar-refractivity contribution in [2.45, 2.75) is 13.3 Å². The second-order valence-electron chi connectivity index (χ2n) is 3.45. The summed E-state index contributed by atoms with van der Waals surface area (Å²) in [5.41, 5.74) is 0.983. The van der Waals surface area contributed by atoms with E-state index in [2.05, 4.69) is 17.2 Å². The largest absolute Gasteiger partial charge is 0.349 e. The average molecular weight is 232 g/mol. The lowest BCUT2D eigenvalue weighted by Gasteiger charge is -2.09. The molecule has 17 heavy (non-hydrogen) atoms. The van der Waals surface area contributed by atoms with Crippen LogP contribution in [0.5, 0.6) is 0 Å². The minimum atomic E-state index is -0.225. The Morgan fingerprint density at radius 1 is 1.35 bits per heavy atom. The summed E-state index contributed by atoms with van der Waals surface area (Å²) in [6.45, 7) is 5.68. The molecule has 0 saturated carbocycles. The van der Waals surface area contributed by atoms with Gasteiger partial charge >= 0.3 is 0 Å². The molecular weight excluding hydrogens is 216 g/mol. The van der Waals surface area contributed by atoms with Crippen LogP contribution in [0, 0.1) is 0 Å². The van der Waals surface area contributed by atoms with E-state index in [1.165, 1.54) is 0 Å². The Labute approximate surface area is 101 Å². The zero-order chi connectivity index (χ0) is 12.7. The molecular formula is C13H16N2O2. The first-order chi connectivity index (χ1) is 8.19. The van der Waals surface area contributed by atoms with Crippen molar-refractivity contribution in [3.05, 3.63) is 42.5 Å². The second-order valence-corrected chi connectivity index (χ2v) is 3.45. The van der Waals surface area contributed by atoms with Crippen molar-refractivity contribution in [1.29, 1.82) is 0 Å². The lowest BCUT2D eigenvalue weighted by atomic mass is 10.1. The SMILES string of the molecule is C=CCNC(=O)c1ccccc1NC(=O)CC. The van der Waals surface area contributed by atoms with Crippen LogP contribution in [0.3, 0.4) is 0 Å². The highest BCUT2D eigenvalue weighted by Gasteiger charge is 2.11. The summed E-state index contributed by atoms with van der Waals surface area (Å²) in [7, 11) is 0. The van der Waals surface area contributed by atoms with E-state index < -0.39 is 0 Å². The lowest BCUT2D eigenvalue weighted by Crippen LogP contribution is -2.25. The van der Waals surface area contributed by atoms with Gasteiger partial charge in [-0.05, 0) is 12.1 Å². The van der Waals surface area contributed by atoms with Crippen molar-refractivity contribution in [2.24, 2.45) is 0 Å². The van der Waals surface area contributed by atoms with Gasteiger partial charge in [-0.1, -0.05) is 25.1 Å². The van der Waals surface area contributed by atoms with Gasteiger partial charge in [0.25, 0.3) is 5.91 Å². The fourth-order valence-corrected chi connectivity index (χ4v) is 1.29. The summed E-state index contributed by atoms with van der Waals surface area (Å²) in [5.74, 6) is -0.342. The molecule has 0 atom stereocenters. The molecule has 0 unspecified atom stereocenters. The van der Waals surface area contributed by atoms with Gasteiger partial charge < -0.3 is 10.6 Å². The number of hydrogen-bond acceptors (Lipinski definition) is 2. The highest BCUT2D eigenvalue weighted by atomic mass is 16.2. The molecule has 0 spiro atoms. The number of carbonyl (C=O) groups is 2. The van der Waals surface area contributed by atoms with Crippen molar-refractivity contribution >= 4 is 17.5 Å². The Bertz CT molecular complexity index is 427. The number of para-hydroxylation sites is 1. The van der Waals surface area contributed by atoms with Crippen LogP contribution >= 0.6 is 0 Å². The maximum Gasteiger partial charge on any atom is 0.253 e. The molecule has 0 fully saturated rings. The molecule has 0 aliphatic carbocycles. The third-order valence-electron chi connectivity index (χ3n) is 2.17. The predicted molar refractivity (Wildman–Crippen MR) is 67.9 cm³/mol.